The number of rotatable bonds is 5. The van der Waals surface area contributed by atoms with Crippen LogP contribution in [0.25, 0.3) is 0 Å². The number of likely N-dealkylation sites (tertiary alicyclic amines) is 1. The van der Waals surface area contributed by atoms with Crippen LogP contribution in [0.4, 0.5) is 0 Å². The van der Waals surface area contributed by atoms with E-state index in [1.165, 1.54) is 32.1 Å². The zero-order chi connectivity index (χ0) is 19.4. The maximum atomic E-state index is 13.1. The van der Waals surface area contributed by atoms with Crippen molar-refractivity contribution in [2.45, 2.75) is 44.6 Å². The van der Waals surface area contributed by atoms with Crippen LogP contribution in [0, 0.1) is 5.41 Å². The predicted molar refractivity (Wildman–Crippen MR) is 105 cm³/mol. The van der Waals surface area contributed by atoms with Crippen LogP contribution in [-0.4, -0.2) is 47.1 Å². The van der Waals surface area contributed by atoms with Crippen LogP contribution >= 0.6 is 0 Å². The van der Waals surface area contributed by atoms with Gasteiger partial charge in [-0.05, 0) is 48.9 Å². The molecule has 1 aliphatic heterocycles. The molecule has 1 atom stereocenters. The molecule has 4 rings (SSSR count). The number of hydrogen-bond donors (Lipinski definition) is 0. The van der Waals surface area contributed by atoms with Crippen molar-refractivity contribution in [2.24, 2.45) is 5.41 Å². The fourth-order valence-corrected chi connectivity index (χ4v) is 4.64. The summed E-state index contributed by atoms with van der Waals surface area (Å²) in [4.78, 5) is 23.4. The number of benzene rings is 1. The van der Waals surface area contributed by atoms with Crippen molar-refractivity contribution in [2.75, 3.05) is 20.3 Å². The molecule has 2 aromatic rings. The molecule has 6 heteroatoms. The molecule has 28 heavy (non-hydrogen) atoms. The highest BCUT2D eigenvalue weighted by molar-refractivity contribution is 5.92. The topological polar surface area (TPSA) is 64.6 Å². The van der Waals surface area contributed by atoms with E-state index >= 15 is 0 Å². The van der Waals surface area contributed by atoms with Crippen LogP contribution in [0.1, 0.15) is 49.0 Å². The molecule has 1 saturated carbocycles. The van der Waals surface area contributed by atoms with E-state index < -0.39 is 0 Å². The summed E-state index contributed by atoms with van der Waals surface area (Å²) in [6.45, 7) is 1.28. The predicted octanol–water partition coefficient (Wildman–Crippen LogP) is 3.73. The van der Waals surface area contributed by atoms with Crippen molar-refractivity contribution in [3.63, 3.8) is 0 Å². The second-order valence-corrected chi connectivity index (χ2v) is 7.93. The van der Waals surface area contributed by atoms with Gasteiger partial charge in [-0.3, -0.25) is 9.78 Å². The Balaban J connectivity index is 1.50. The van der Waals surface area contributed by atoms with Crippen molar-refractivity contribution in [1.82, 2.24) is 14.9 Å². The fourth-order valence-electron chi connectivity index (χ4n) is 4.64. The largest absolute Gasteiger partial charge is 0.497 e. The minimum absolute atomic E-state index is 0.0427. The molecule has 1 amide bonds. The third kappa shape index (κ3) is 3.96. The number of hydrogen-bond acceptors (Lipinski definition) is 5. The molecule has 1 aliphatic carbocycles. The van der Waals surface area contributed by atoms with E-state index in [0.717, 1.165) is 24.5 Å². The smallest absolute Gasteiger partial charge is 0.274 e. The lowest BCUT2D eigenvalue weighted by Gasteiger charge is -2.33. The maximum Gasteiger partial charge on any atom is 0.274 e. The van der Waals surface area contributed by atoms with Crippen LogP contribution in [0.3, 0.4) is 0 Å². The van der Waals surface area contributed by atoms with Crippen molar-refractivity contribution < 1.29 is 14.3 Å². The summed E-state index contributed by atoms with van der Waals surface area (Å²) in [5.41, 5.74) is 0.633. The molecule has 1 aromatic carbocycles. The number of nitrogens with zero attached hydrogens (tertiary/aromatic N) is 3. The van der Waals surface area contributed by atoms with Gasteiger partial charge in [-0.25, -0.2) is 4.98 Å². The van der Waals surface area contributed by atoms with Gasteiger partial charge < -0.3 is 14.4 Å². The first kappa shape index (κ1) is 18.7. The standard InChI is InChI=1S/C22H27N3O3/c1-27-18-5-7-19(8-6-18)28-15-17-13-22(9-3-2-4-10-22)16-25(17)21(26)20-14-23-11-12-24-20/h5-8,11-12,14,17H,2-4,9-10,13,15-16H2,1H3/t17-/m1/s1. The third-order valence-corrected chi connectivity index (χ3v) is 6.07. The highest BCUT2D eigenvalue weighted by Crippen LogP contribution is 2.46. The monoisotopic (exact) mass is 381 g/mol. The number of carbonyl (C=O) groups is 1. The zero-order valence-electron chi connectivity index (χ0n) is 16.3. The first-order valence-corrected chi connectivity index (χ1v) is 10.0. The van der Waals surface area contributed by atoms with Gasteiger partial charge in [-0.1, -0.05) is 19.3 Å². The van der Waals surface area contributed by atoms with Crippen molar-refractivity contribution in [3.05, 3.63) is 48.5 Å². The van der Waals surface area contributed by atoms with Crippen LogP contribution in [0.5, 0.6) is 11.5 Å². The number of carbonyl (C=O) groups excluding carboxylic acids is 1. The molecule has 6 nitrogen and oxygen atoms in total. The quantitative estimate of drug-likeness (QED) is 0.790. The molecule has 1 aromatic heterocycles. The van der Waals surface area contributed by atoms with E-state index in [1.807, 2.05) is 29.2 Å². The number of methoxy groups -OCH3 is 1. The number of ether oxygens (including phenoxy) is 2. The van der Waals surface area contributed by atoms with Crippen LogP contribution in [-0.2, 0) is 0 Å². The Bertz CT molecular complexity index is 788. The van der Waals surface area contributed by atoms with Crippen LogP contribution in [0.2, 0.25) is 0 Å². The maximum absolute atomic E-state index is 13.1. The molecule has 0 radical (unpaired) electrons. The van der Waals surface area contributed by atoms with E-state index in [4.69, 9.17) is 9.47 Å². The molecule has 1 saturated heterocycles. The number of amides is 1. The Labute approximate surface area is 165 Å². The molecular weight excluding hydrogens is 354 g/mol. The minimum atomic E-state index is -0.0427. The summed E-state index contributed by atoms with van der Waals surface area (Å²) >= 11 is 0. The first-order chi connectivity index (χ1) is 13.7. The van der Waals surface area contributed by atoms with E-state index in [0.29, 0.717) is 12.3 Å². The van der Waals surface area contributed by atoms with Crippen molar-refractivity contribution >= 4 is 5.91 Å². The van der Waals surface area contributed by atoms with Gasteiger partial charge >= 0.3 is 0 Å². The van der Waals surface area contributed by atoms with Gasteiger partial charge in [0.2, 0.25) is 0 Å². The molecule has 0 unspecified atom stereocenters. The van der Waals surface area contributed by atoms with Gasteiger partial charge in [0.25, 0.3) is 5.91 Å². The Morgan fingerprint density at radius 1 is 1.14 bits per heavy atom. The second-order valence-electron chi connectivity index (χ2n) is 7.93. The van der Waals surface area contributed by atoms with Crippen LogP contribution < -0.4 is 9.47 Å². The first-order valence-electron chi connectivity index (χ1n) is 10.0. The number of aromatic nitrogens is 2. The van der Waals surface area contributed by atoms with E-state index in [-0.39, 0.29) is 17.4 Å². The lowest BCUT2D eigenvalue weighted by Crippen LogP contribution is -2.40. The summed E-state index contributed by atoms with van der Waals surface area (Å²) in [5.74, 6) is 1.55. The lowest BCUT2D eigenvalue weighted by molar-refractivity contribution is 0.0667. The highest BCUT2D eigenvalue weighted by Gasteiger charge is 2.46. The summed E-state index contributed by atoms with van der Waals surface area (Å²) in [5, 5.41) is 0. The summed E-state index contributed by atoms with van der Waals surface area (Å²) < 4.78 is 11.3. The molecule has 148 valence electrons. The Morgan fingerprint density at radius 2 is 1.89 bits per heavy atom. The summed E-state index contributed by atoms with van der Waals surface area (Å²) in [6, 6.07) is 7.62. The van der Waals surface area contributed by atoms with E-state index in [1.54, 1.807) is 25.7 Å². The average molecular weight is 381 g/mol. The third-order valence-electron chi connectivity index (χ3n) is 6.07. The molecule has 0 N–H and O–H groups in total. The molecule has 2 fully saturated rings. The Hall–Kier alpha value is -2.63. The second kappa shape index (κ2) is 8.17. The van der Waals surface area contributed by atoms with Gasteiger partial charge in [-0.15, -0.1) is 0 Å². The van der Waals surface area contributed by atoms with E-state index in [2.05, 4.69) is 9.97 Å². The molecule has 0 bridgehead atoms. The highest BCUT2D eigenvalue weighted by atomic mass is 16.5. The van der Waals surface area contributed by atoms with Gasteiger partial charge in [0.05, 0.1) is 19.3 Å². The van der Waals surface area contributed by atoms with Crippen molar-refractivity contribution in [3.8, 4) is 11.5 Å². The fraction of sp³-hybridized carbons (Fsp3) is 0.500. The molecular formula is C22H27N3O3. The Morgan fingerprint density at radius 3 is 2.57 bits per heavy atom. The van der Waals surface area contributed by atoms with Crippen LogP contribution in [0.15, 0.2) is 42.9 Å². The summed E-state index contributed by atoms with van der Waals surface area (Å²) in [6.07, 6.45) is 11.9. The van der Waals surface area contributed by atoms with Gasteiger partial charge in [0.15, 0.2) is 0 Å². The Kier molecular flexibility index (Phi) is 5.46. The molecule has 2 aliphatic rings. The minimum Gasteiger partial charge on any atom is -0.497 e. The molecule has 1 spiro atoms. The lowest BCUT2D eigenvalue weighted by atomic mass is 9.73. The summed E-state index contributed by atoms with van der Waals surface area (Å²) in [7, 11) is 1.65. The van der Waals surface area contributed by atoms with Gasteiger partial charge in [0, 0.05) is 18.9 Å². The van der Waals surface area contributed by atoms with Crippen molar-refractivity contribution in [1.29, 1.82) is 0 Å². The van der Waals surface area contributed by atoms with Gasteiger partial charge in [0.1, 0.15) is 23.8 Å². The SMILES string of the molecule is COc1ccc(OC[C@H]2CC3(CCCCC3)CN2C(=O)c2cnccn2)cc1. The molecule has 2 heterocycles. The van der Waals surface area contributed by atoms with E-state index in [9.17, 15) is 4.79 Å². The zero-order valence-corrected chi connectivity index (χ0v) is 16.3. The average Bonchev–Trinajstić information content (AvgIpc) is 3.10. The van der Waals surface area contributed by atoms with Gasteiger partial charge in [-0.2, -0.15) is 0 Å². The normalized spacial score (nSPS) is 20.9.